The van der Waals surface area contributed by atoms with Crippen molar-refractivity contribution in [1.29, 1.82) is 0 Å². The number of nitrogens with one attached hydrogen (secondary N) is 1. The number of nitrogens with zero attached hydrogens (tertiary/aromatic N) is 1. The van der Waals surface area contributed by atoms with Crippen LogP contribution in [-0.4, -0.2) is 36.3 Å². The zero-order valence-electron chi connectivity index (χ0n) is 16.0. The van der Waals surface area contributed by atoms with Crippen molar-refractivity contribution in [3.05, 3.63) is 71.8 Å². The van der Waals surface area contributed by atoms with Gasteiger partial charge in [0.1, 0.15) is 0 Å². The first-order chi connectivity index (χ1) is 13.1. The van der Waals surface area contributed by atoms with E-state index in [-0.39, 0.29) is 11.8 Å². The summed E-state index contributed by atoms with van der Waals surface area (Å²) in [5.41, 5.74) is 1.06. The van der Waals surface area contributed by atoms with Gasteiger partial charge in [0.2, 0.25) is 5.91 Å². The van der Waals surface area contributed by atoms with Gasteiger partial charge in [-0.1, -0.05) is 48.5 Å². The van der Waals surface area contributed by atoms with Crippen LogP contribution in [0.3, 0.4) is 0 Å². The van der Waals surface area contributed by atoms with Gasteiger partial charge >= 0.3 is 0 Å². The predicted molar refractivity (Wildman–Crippen MR) is 107 cm³/mol. The number of carbonyl (C=O) groups is 2. The van der Waals surface area contributed by atoms with Gasteiger partial charge in [-0.3, -0.25) is 9.59 Å². The molecular formula is C23H28N2O2. The van der Waals surface area contributed by atoms with Gasteiger partial charge in [-0.25, -0.2) is 0 Å². The number of benzene rings is 2. The zero-order chi connectivity index (χ0) is 19.1. The second kappa shape index (κ2) is 8.85. The molecule has 0 spiro atoms. The minimum Gasteiger partial charge on any atom is -0.351 e. The van der Waals surface area contributed by atoms with Crippen LogP contribution in [0.4, 0.5) is 0 Å². The third-order valence-corrected chi connectivity index (χ3v) is 5.27. The van der Waals surface area contributed by atoms with Gasteiger partial charge in [0.05, 0.1) is 5.41 Å². The maximum Gasteiger partial charge on any atom is 0.251 e. The standard InChI is InChI=1S/C23H28N2O2/c1-23(17-19-11-5-2-6-12-19,22(27)25-15-9-4-10-16-25)18-24-21(26)20-13-7-3-8-14-20/h2-3,5-8,11-14H,4,9-10,15-18H2,1H3,(H,24,26)/t23-/m0/s1. The lowest BCUT2D eigenvalue weighted by molar-refractivity contribution is -0.141. The van der Waals surface area contributed by atoms with Gasteiger partial charge in [0, 0.05) is 25.2 Å². The summed E-state index contributed by atoms with van der Waals surface area (Å²) in [6, 6.07) is 19.2. The molecule has 2 aromatic rings. The van der Waals surface area contributed by atoms with Crippen molar-refractivity contribution < 1.29 is 9.59 Å². The number of hydrogen-bond donors (Lipinski definition) is 1. The van der Waals surface area contributed by atoms with Crippen molar-refractivity contribution >= 4 is 11.8 Å². The Hall–Kier alpha value is -2.62. The highest BCUT2D eigenvalue weighted by Crippen LogP contribution is 2.27. The first-order valence-electron chi connectivity index (χ1n) is 9.75. The normalized spacial score (nSPS) is 16.4. The zero-order valence-corrected chi connectivity index (χ0v) is 16.0. The molecule has 4 heteroatoms. The van der Waals surface area contributed by atoms with Crippen molar-refractivity contribution in [2.45, 2.75) is 32.6 Å². The van der Waals surface area contributed by atoms with Crippen LogP contribution in [0.15, 0.2) is 60.7 Å². The molecule has 27 heavy (non-hydrogen) atoms. The number of hydrogen-bond acceptors (Lipinski definition) is 2. The van der Waals surface area contributed by atoms with Crippen LogP contribution in [0.2, 0.25) is 0 Å². The summed E-state index contributed by atoms with van der Waals surface area (Å²) in [5.74, 6) is 0.000690. The molecule has 0 aliphatic carbocycles. The molecule has 0 radical (unpaired) electrons. The third-order valence-electron chi connectivity index (χ3n) is 5.27. The summed E-state index contributed by atoms with van der Waals surface area (Å²) in [4.78, 5) is 27.8. The quantitative estimate of drug-likeness (QED) is 0.850. The van der Waals surface area contributed by atoms with E-state index in [1.807, 2.05) is 60.4 Å². The van der Waals surface area contributed by atoms with E-state index in [9.17, 15) is 9.59 Å². The molecule has 0 saturated carbocycles. The number of likely N-dealkylation sites (tertiary alicyclic amines) is 1. The Balaban J connectivity index is 1.76. The Bertz CT molecular complexity index is 754. The van der Waals surface area contributed by atoms with Crippen LogP contribution in [-0.2, 0) is 11.2 Å². The molecule has 3 rings (SSSR count). The van der Waals surface area contributed by atoms with Gasteiger partial charge in [-0.05, 0) is 50.3 Å². The first-order valence-corrected chi connectivity index (χ1v) is 9.75. The molecule has 0 unspecified atom stereocenters. The van der Waals surface area contributed by atoms with E-state index in [0.29, 0.717) is 18.5 Å². The van der Waals surface area contributed by atoms with Gasteiger partial charge in [0.25, 0.3) is 5.91 Å². The fourth-order valence-electron chi connectivity index (χ4n) is 3.71. The van der Waals surface area contributed by atoms with E-state index in [2.05, 4.69) is 5.32 Å². The molecule has 1 atom stereocenters. The molecule has 1 fully saturated rings. The second-order valence-electron chi connectivity index (χ2n) is 7.62. The molecule has 0 bridgehead atoms. The topological polar surface area (TPSA) is 49.4 Å². The van der Waals surface area contributed by atoms with E-state index in [1.54, 1.807) is 12.1 Å². The molecule has 1 heterocycles. The summed E-state index contributed by atoms with van der Waals surface area (Å²) >= 11 is 0. The van der Waals surface area contributed by atoms with Crippen molar-refractivity contribution in [2.75, 3.05) is 19.6 Å². The maximum absolute atomic E-state index is 13.3. The lowest BCUT2D eigenvalue weighted by atomic mass is 9.81. The van der Waals surface area contributed by atoms with Crippen molar-refractivity contribution in [2.24, 2.45) is 5.41 Å². The predicted octanol–water partition coefficient (Wildman–Crippen LogP) is 3.68. The average molecular weight is 364 g/mol. The maximum atomic E-state index is 13.3. The number of piperidine rings is 1. The third kappa shape index (κ3) is 4.97. The van der Waals surface area contributed by atoms with E-state index in [1.165, 1.54) is 6.42 Å². The summed E-state index contributed by atoms with van der Waals surface area (Å²) < 4.78 is 0. The molecule has 0 aromatic heterocycles. The minimum atomic E-state index is -0.664. The highest BCUT2D eigenvalue weighted by molar-refractivity contribution is 5.94. The van der Waals surface area contributed by atoms with Gasteiger partial charge in [0.15, 0.2) is 0 Å². The Labute approximate surface area is 161 Å². The highest BCUT2D eigenvalue weighted by atomic mass is 16.2. The highest BCUT2D eigenvalue weighted by Gasteiger charge is 2.37. The van der Waals surface area contributed by atoms with E-state index in [0.717, 1.165) is 31.5 Å². The van der Waals surface area contributed by atoms with Crippen LogP contribution in [0.1, 0.15) is 42.1 Å². The van der Waals surface area contributed by atoms with E-state index in [4.69, 9.17) is 0 Å². The number of amides is 2. The van der Waals surface area contributed by atoms with Crippen LogP contribution in [0, 0.1) is 5.41 Å². The molecule has 2 amide bonds. The number of rotatable bonds is 6. The van der Waals surface area contributed by atoms with Gasteiger partial charge in [-0.2, -0.15) is 0 Å². The Kier molecular flexibility index (Phi) is 6.28. The van der Waals surface area contributed by atoms with Crippen LogP contribution in [0.25, 0.3) is 0 Å². The Morgan fingerprint density at radius 1 is 0.926 bits per heavy atom. The number of carbonyl (C=O) groups excluding carboxylic acids is 2. The largest absolute Gasteiger partial charge is 0.351 e. The van der Waals surface area contributed by atoms with Crippen molar-refractivity contribution in [3.8, 4) is 0 Å². The summed E-state index contributed by atoms with van der Waals surface area (Å²) in [6.45, 7) is 3.93. The van der Waals surface area contributed by atoms with E-state index >= 15 is 0 Å². The SMILES string of the molecule is C[C@@](CNC(=O)c1ccccc1)(Cc1ccccc1)C(=O)N1CCCCC1. The van der Waals surface area contributed by atoms with Crippen molar-refractivity contribution in [1.82, 2.24) is 10.2 Å². The average Bonchev–Trinajstić information content (AvgIpc) is 2.73. The van der Waals surface area contributed by atoms with Gasteiger partial charge in [-0.15, -0.1) is 0 Å². The Morgan fingerprint density at radius 3 is 2.15 bits per heavy atom. The molecular weight excluding hydrogens is 336 g/mol. The summed E-state index contributed by atoms with van der Waals surface area (Å²) in [6.07, 6.45) is 3.91. The van der Waals surface area contributed by atoms with Crippen LogP contribution >= 0.6 is 0 Å². The molecule has 1 aliphatic rings. The van der Waals surface area contributed by atoms with Gasteiger partial charge < -0.3 is 10.2 Å². The molecule has 2 aromatic carbocycles. The molecule has 142 valence electrons. The second-order valence-corrected chi connectivity index (χ2v) is 7.62. The molecule has 4 nitrogen and oxygen atoms in total. The molecule has 1 N–H and O–H groups in total. The smallest absolute Gasteiger partial charge is 0.251 e. The fraction of sp³-hybridized carbons (Fsp3) is 0.391. The van der Waals surface area contributed by atoms with E-state index < -0.39 is 5.41 Å². The monoisotopic (exact) mass is 364 g/mol. The van der Waals surface area contributed by atoms with Crippen LogP contribution in [0.5, 0.6) is 0 Å². The fourth-order valence-corrected chi connectivity index (χ4v) is 3.71. The first kappa shape index (κ1) is 19.2. The molecule has 1 saturated heterocycles. The van der Waals surface area contributed by atoms with Crippen LogP contribution < -0.4 is 5.32 Å². The summed E-state index contributed by atoms with van der Waals surface area (Å²) in [5, 5.41) is 2.99. The lowest BCUT2D eigenvalue weighted by Gasteiger charge is -2.37. The van der Waals surface area contributed by atoms with Crippen molar-refractivity contribution in [3.63, 3.8) is 0 Å². The Morgan fingerprint density at radius 2 is 1.52 bits per heavy atom. The molecule has 1 aliphatic heterocycles. The summed E-state index contributed by atoms with van der Waals surface area (Å²) in [7, 11) is 0. The lowest BCUT2D eigenvalue weighted by Crippen LogP contribution is -2.51. The minimum absolute atomic E-state index is 0.138.